The molecule has 4 heteroatoms. The number of aldehydes is 1. The van der Waals surface area contributed by atoms with Crippen molar-refractivity contribution in [1.29, 1.82) is 0 Å². The molecule has 0 amide bonds. The van der Waals surface area contributed by atoms with Gasteiger partial charge in [-0.05, 0) is 29.3 Å². The first-order valence-corrected chi connectivity index (χ1v) is 6.18. The second-order valence-corrected chi connectivity index (χ2v) is 4.37. The van der Waals surface area contributed by atoms with E-state index in [1.54, 1.807) is 31.2 Å². The highest BCUT2D eigenvalue weighted by Gasteiger charge is 2.11. The van der Waals surface area contributed by atoms with Gasteiger partial charge >= 0.3 is 0 Å². The summed E-state index contributed by atoms with van der Waals surface area (Å²) in [6.45, 7) is 1.76. The summed E-state index contributed by atoms with van der Waals surface area (Å²) in [5.41, 5.74) is 1.47. The molecule has 0 bridgehead atoms. The van der Waals surface area contributed by atoms with Gasteiger partial charge in [0, 0.05) is 12.0 Å². The van der Waals surface area contributed by atoms with Crippen molar-refractivity contribution in [2.24, 2.45) is 0 Å². The highest BCUT2D eigenvalue weighted by molar-refractivity contribution is 5.97. The van der Waals surface area contributed by atoms with Gasteiger partial charge in [-0.1, -0.05) is 25.1 Å². The van der Waals surface area contributed by atoms with E-state index in [1.165, 1.54) is 6.07 Å². The Morgan fingerprint density at radius 3 is 2.65 bits per heavy atom. The summed E-state index contributed by atoms with van der Waals surface area (Å²) in [6, 6.07) is 9.27. The van der Waals surface area contributed by atoms with Crippen LogP contribution in [0.2, 0.25) is 0 Å². The van der Waals surface area contributed by atoms with Crippen molar-refractivity contribution < 1.29 is 19.1 Å². The first kappa shape index (κ1) is 13.9. The van der Waals surface area contributed by atoms with E-state index in [1.807, 2.05) is 0 Å². The summed E-state index contributed by atoms with van der Waals surface area (Å²) in [4.78, 5) is 22.5. The van der Waals surface area contributed by atoms with Crippen LogP contribution in [0.5, 0.6) is 5.75 Å². The minimum absolute atomic E-state index is 0.0123. The van der Waals surface area contributed by atoms with Gasteiger partial charge in [-0.3, -0.25) is 9.59 Å². The van der Waals surface area contributed by atoms with E-state index in [0.717, 1.165) is 6.07 Å². The van der Waals surface area contributed by atoms with E-state index < -0.39 is 11.6 Å². The highest BCUT2D eigenvalue weighted by Crippen LogP contribution is 2.28. The number of phenolic OH excluding ortho intramolecular Hbond substituents is 1. The summed E-state index contributed by atoms with van der Waals surface area (Å²) in [5.74, 6) is -1.54. The molecule has 0 saturated carbocycles. The Morgan fingerprint density at radius 1 is 1.25 bits per heavy atom. The van der Waals surface area contributed by atoms with E-state index >= 15 is 0 Å². The average Bonchev–Trinajstić information content (AvgIpc) is 2.49. The first-order valence-electron chi connectivity index (χ1n) is 6.18. The molecule has 0 aromatic heterocycles. The molecule has 102 valence electrons. The summed E-state index contributed by atoms with van der Waals surface area (Å²) in [6.07, 6.45) is 0.774. The number of halogens is 1. The topological polar surface area (TPSA) is 54.4 Å². The van der Waals surface area contributed by atoms with Crippen LogP contribution in [0.15, 0.2) is 36.4 Å². The second-order valence-electron chi connectivity index (χ2n) is 4.37. The Morgan fingerprint density at radius 2 is 2.00 bits per heavy atom. The molecule has 0 fully saturated rings. The molecule has 0 aliphatic heterocycles. The fourth-order valence-electron chi connectivity index (χ4n) is 1.95. The molecule has 2 rings (SSSR count). The number of rotatable bonds is 4. The fourth-order valence-corrected chi connectivity index (χ4v) is 1.95. The number of benzene rings is 2. The normalized spacial score (nSPS) is 10.3. The molecular formula is C16H13FO3. The van der Waals surface area contributed by atoms with Crippen LogP contribution in [0.3, 0.4) is 0 Å². The van der Waals surface area contributed by atoms with Crippen LogP contribution in [0.25, 0.3) is 11.1 Å². The van der Waals surface area contributed by atoms with Crippen LogP contribution < -0.4 is 0 Å². The van der Waals surface area contributed by atoms with E-state index in [9.17, 15) is 19.1 Å². The zero-order chi connectivity index (χ0) is 14.7. The van der Waals surface area contributed by atoms with Gasteiger partial charge in [0.15, 0.2) is 23.6 Å². The molecule has 1 N–H and O–H groups in total. The van der Waals surface area contributed by atoms with Crippen LogP contribution >= 0.6 is 0 Å². The van der Waals surface area contributed by atoms with Gasteiger partial charge < -0.3 is 5.11 Å². The number of carbonyl (C=O) groups is 2. The van der Waals surface area contributed by atoms with Gasteiger partial charge in [0.05, 0.1) is 5.56 Å². The SMILES string of the molecule is CCC(=O)c1cccc(-c2cc(F)c(O)c(C=O)c2)c1. The largest absolute Gasteiger partial charge is 0.504 e. The number of Topliss-reactive ketones (excluding diaryl/α,β-unsaturated/α-hetero) is 1. The Balaban J connectivity index is 2.54. The minimum Gasteiger partial charge on any atom is -0.504 e. The van der Waals surface area contributed by atoms with Crippen LogP contribution in [-0.4, -0.2) is 17.2 Å². The highest BCUT2D eigenvalue weighted by atomic mass is 19.1. The molecule has 0 saturated heterocycles. The third kappa shape index (κ3) is 2.59. The maximum absolute atomic E-state index is 13.6. The van der Waals surface area contributed by atoms with Crippen molar-refractivity contribution in [3.8, 4) is 16.9 Å². The van der Waals surface area contributed by atoms with Crippen molar-refractivity contribution in [1.82, 2.24) is 0 Å². The molecule has 0 aliphatic carbocycles. The predicted molar refractivity (Wildman–Crippen MR) is 73.5 cm³/mol. The van der Waals surface area contributed by atoms with Crippen molar-refractivity contribution in [3.05, 3.63) is 53.3 Å². The lowest BCUT2D eigenvalue weighted by molar-refractivity contribution is 0.0987. The number of ketones is 1. The predicted octanol–water partition coefficient (Wildman–Crippen LogP) is 3.60. The fraction of sp³-hybridized carbons (Fsp3) is 0.125. The lowest BCUT2D eigenvalue weighted by Crippen LogP contribution is -1.96. The molecule has 0 atom stereocenters. The monoisotopic (exact) mass is 272 g/mol. The van der Waals surface area contributed by atoms with Crippen LogP contribution in [0, 0.1) is 5.82 Å². The van der Waals surface area contributed by atoms with Crippen molar-refractivity contribution >= 4 is 12.1 Å². The lowest BCUT2D eigenvalue weighted by Gasteiger charge is -2.07. The molecule has 0 radical (unpaired) electrons. The number of aromatic hydroxyl groups is 1. The molecule has 0 aliphatic rings. The van der Waals surface area contributed by atoms with E-state index in [-0.39, 0.29) is 11.3 Å². The molecule has 20 heavy (non-hydrogen) atoms. The van der Waals surface area contributed by atoms with E-state index in [2.05, 4.69) is 0 Å². The first-order chi connectivity index (χ1) is 9.56. The number of hydrogen-bond acceptors (Lipinski definition) is 3. The lowest BCUT2D eigenvalue weighted by atomic mass is 9.98. The maximum atomic E-state index is 13.6. The molecule has 2 aromatic rings. The standard InChI is InChI=1S/C16H13FO3/c1-2-15(19)11-5-3-4-10(6-11)12-7-13(9-18)16(20)14(17)8-12/h3-9,20H,2H2,1H3. The van der Waals surface area contributed by atoms with Gasteiger partial charge in [0.2, 0.25) is 0 Å². The van der Waals surface area contributed by atoms with Gasteiger partial charge in [0.1, 0.15) is 0 Å². The Hall–Kier alpha value is -2.49. The van der Waals surface area contributed by atoms with Crippen LogP contribution in [0.4, 0.5) is 4.39 Å². The quantitative estimate of drug-likeness (QED) is 0.683. The molecule has 0 spiro atoms. The van der Waals surface area contributed by atoms with Gasteiger partial charge in [-0.15, -0.1) is 0 Å². The second kappa shape index (κ2) is 5.65. The molecular weight excluding hydrogens is 259 g/mol. The minimum atomic E-state index is -0.864. The summed E-state index contributed by atoms with van der Waals surface area (Å²) < 4.78 is 13.6. The third-order valence-corrected chi connectivity index (χ3v) is 3.06. The van der Waals surface area contributed by atoms with Gasteiger partial charge in [-0.2, -0.15) is 0 Å². The smallest absolute Gasteiger partial charge is 0.166 e. The van der Waals surface area contributed by atoms with E-state index in [0.29, 0.717) is 29.4 Å². The molecule has 3 nitrogen and oxygen atoms in total. The summed E-state index contributed by atoms with van der Waals surface area (Å²) >= 11 is 0. The van der Waals surface area contributed by atoms with Gasteiger partial charge in [0.25, 0.3) is 0 Å². The Labute approximate surface area is 115 Å². The maximum Gasteiger partial charge on any atom is 0.166 e. The van der Waals surface area contributed by atoms with Crippen molar-refractivity contribution in [2.75, 3.05) is 0 Å². The van der Waals surface area contributed by atoms with Crippen LogP contribution in [-0.2, 0) is 0 Å². The van der Waals surface area contributed by atoms with Crippen molar-refractivity contribution in [3.63, 3.8) is 0 Å². The number of hydrogen-bond donors (Lipinski definition) is 1. The Bertz CT molecular complexity index is 677. The zero-order valence-corrected chi connectivity index (χ0v) is 10.9. The number of phenols is 1. The summed E-state index contributed by atoms with van der Waals surface area (Å²) in [5, 5.41) is 9.39. The van der Waals surface area contributed by atoms with Gasteiger partial charge in [-0.25, -0.2) is 4.39 Å². The molecule has 0 unspecified atom stereocenters. The van der Waals surface area contributed by atoms with Crippen LogP contribution in [0.1, 0.15) is 34.1 Å². The molecule has 0 heterocycles. The number of carbonyl (C=O) groups excluding carboxylic acids is 2. The van der Waals surface area contributed by atoms with Crippen molar-refractivity contribution in [2.45, 2.75) is 13.3 Å². The van der Waals surface area contributed by atoms with E-state index in [4.69, 9.17) is 0 Å². The summed E-state index contributed by atoms with van der Waals surface area (Å²) in [7, 11) is 0. The average molecular weight is 272 g/mol. The third-order valence-electron chi connectivity index (χ3n) is 3.06. The Kier molecular flexibility index (Phi) is 3.94. The molecule has 2 aromatic carbocycles. The zero-order valence-electron chi connectivity index (χ0n) is 10.9.